The fourth-order valence-corrected chi connectivity index (χ4v) is 1.89. The molecule has 0 radical (unpaired) electrons. The van der Waals surface area contributed by atoms with E-state index >= 15 is 0 Å². The third kappa shape index (κ3) is 3.58. The van der Waals surface area contributed by atoms with E-state index in [0.717, 1.165) is 31.8 Å². The lowest BCUT2D eigenvalue weighted by Crippen LogP contribution is -2.49. The summed E-state index contributed by atoms with van der Waals surface area (Å²) in [4.78, 5) is 2.53. The molecular weight excluding hydrogens is 172 g/mol. The molecule has 0 atom stereocenters. The Balaban J connectivity index is 2.35. The van der Waals surface area contributed by atoms with Gasteiger partial charge in [-0.25, -0.2) is 0 Å². The first-order chi connectivity index (χ1) is 6.63. The maximum atomic E-state index is 6.33. The third-order valence-electron chi connectivity index (χ3n) is 3.61. The Kier molecular flexibility index (Phi) is 4.39. The molecule has 1 rings (SSSR count). The van der Waals surface area contributed by atoms with Gasteiger partial charge in [0.1, 0.15) is 0 Å². The highest BCUT2D eigenvalue weighted by molar-refractivity contribution is 4.86. The van der Waals surface area contributed by atoms with E-state index in [2.05, 4.69) is 25.7 Å². The molecule has 0 aromatic carbocycles. The number of hydrogen-bond acceptors (Lipinski definition) is 2. The van der Waals surface area contributed by atoms with Gasteiger partial charge < -0.3 is 10.6 Å². The van der Waals surface area contributed by atoms with E-state index < -0.39 is 0 Å². The van der Waals surface area contributed by atoms with Gasteiger partial charge in [-0.2, -0.15) is 0 Å². The first-order valence-corrected chi connectivity index (χ1v) is 6.14. The second kappa shape index (κ2) is 5.13. The SMILES string of the molecule is CCN(CC1CC1)CC(N)(CC)CC. The summed E-state index contributed by atoms with van der Waals surface area (Å²) in [7, 11) is 0. The van der Waals surface area contributed by atoms with Gasteiger partial charge >= 0.3 is 0 Å². The Labute approximate surface area is 88.8 Å². The van der Waals surface area contributed by atoms with Crippen LogP contribution in [0.25, 0.3) is 0 Å². The molecule has 1 fully saturated rings. The monoisotopic (exact) mass is 198 g/mol. The van der Waals surface area contributed by atoms with Gasteiger partial charge in [0.15, 0.2) is 0 Å². The normalized spacial score (nSPS) is 17.8. The van der Waals surface area contributed by atoms with Crippen molar-refractivity contribution in [1.29, 1.82) is 0 Å². The van der Waals surface area contributed by atoms with Crippen LogP contribution in [0.1, 0.15) is 46.5 Å². The van der Waals surface area contributed by atoms with Crippen molar-refractivity contribution in [3.8, 4) is 0 Å². The van der Waals surface area contributed by atoms with Crippen molar-refractivity contribution in [3.63, 3.8) is 0 Å². The molecule has 84 valence electrons. The number of hydrogen-bond donors (Lipinski definition) is 1. The Morgan fingerprint density at radius 1 is 1.21 bits per heavy atom. The van der Waals surface area contributed by atoms with Crippen LogP contribution < -0.4 is 5.73 Å². The van der Waals surface area contributed by atoms with E-state index in [1.165, 1.54) is 19.4 Å². The first kappa shape index (κ1) is 12.0. The summed E-state index contributed by atoms with van der Waals surface area (Å²) in [5.74, 6) is 0.980. The standard InChI is InChI=1S/C12H26N2/c1-4-12(13,5-2)10-14(6-3)9-11-7-8-11/h11H,4-10,13H2,1-3H3. The summed E-state index contributed by atoms with van der Waals surface area (Å²) in [5.41, 5.74) is 6.37. The van der Waals surface area contributed by atoms with Crippen molar-refractivity contribution < 1.29 is 0 Å². The molecule has 0 aliphatic heterocycles. The van der Waals surface area contributed by atoms with Gasteiger partial charge in [-0.05, 0) is 38.1 Å². The van der Waals surface area contributed by atoms with Gasteiger partial charge in [-0.1, -0.05) is 20.8 Å². The second-order valence-corrected chi connectivity index (χ2v) is 4.84. The Bertz CT molecular complexity index is 160. The van der Waals surface area contributed by atoms with Crippen LogP contribution in [0.3, 0.4) is 0 Å². The minimum Gasteiger partial charge on any atom is -0.324 e. The average Bonchev–Trinajstić information content (AvgIpc) is 3.00. The van der Waals surface area contributed by atoms with E-state index in [1.54, 1.807) is 0 Å². The number of rotatable bonds is 7. The highest BCUT2D eigenvalue weighted by Crippen LogP contribution is 2.30. The molecule has 0 aromatic rings. The van der Waals surface area contributed by atoms with Crippen molar-refractivity contribution in [2.45, 2.75) is 52.0 Å². The smallest absolute Gasteiger partial charge is 0.0278 e. The Hall–Kier alpha value is -0.0800. The van der Waals surface area contributed by atoms with Crippen LogP contribution in [0.15, 0.2) is 0 Å². The van der Waals surface area contributed by atoms with Crippen molar-refractivity contribution in [2.75, 3.05) is 19.6 Å². The summed E-state index contributed by atoms with van der Waals surface area (Å²) >= 11 is 0. The molecule has 2 heteroatoms. The molecule has 0 unspecified atom stereocenters. The zero-order valence-electron chi connectivity index (χ0n) is 10.1. The second-order valence-electron chi connectivity index (χ2n) is 4.84. The zero-order valence-corrected chi connectivity index (χ0v) is 10.1. The molecule has 0 spiro atoms. The molecule has 2 N–H and O–H groups in total. The fraction of sp³-hybridized carbons (Fsp3) is 1.00. The van der Waals surface area contributed by atoms with Crippen LogP contribution in [0.5, 0.6) is 0 Å². The van der Waals surface area contributed by atoms with E-state index in [1.807, 2.05) is 0 Å². The van der Waals surface area contributed by atoms with Gasteiger partial charge in [-0.15, -0.1) is 0 Å². The van der Waals surface area contributed by atoms with Gasteiger partial charge in [0.2, 0.25) is 0 Å². The largest absolute Gasteiger partial charge is 0.324 e. The summed E-state index contributed by atoms with van der Waals surface area (Å²) in [6.07, 6.45) is 5.05. The summed E-state index contributed by atoms with van der Waals surface area (Å²) in [6.45, 7) is 10.1. The maximum Gasteiger partial charge on any atom is 0.0278 e. The predicted octanol–water partition coefficient (Wildman–Crippen LogP) is 2.24. The van der Waals surface area contributed by atoms with Gasteiger partial charge in [-0.3, -0.25) is 0 Å². The van der Waals surface area contributed by atoms with E-state index in [-0.39, 0.29) is 5.54 Å². The van der Waals surface area contributed by atoms with Crippen LogP contribution in [0, 0.1) is 5.92 Å². The van der Waals surface area contributed by atoms with Crippen molar-refractivity contribution in [2.24, 2.45) is 11.7 Å². The summed E-state index contributed by atoms with van der Waals surface area (Å²) in [5, 5.41) is 0. The molecule has 0 saturated heterocycles. The lowest BCUT2D eigenvalue weighted by atomic mass is 9.93. The van der Waals surface area contributed by atoms with Crippen LogP contribution in [0.4, 0.5) is 0 Å². The third-order valence-corrected chi connectivity index (χ3v) is 3.61. The van der Waals surface area contributed by atoms with Gasteiger partial charge in [0, 0.05) is 18.6 Å². The molecular formula is C12H26N2. The number of nitrogens with zero attached hydrogens (tertiary/aromatic N) is 1. The molecule has 14 heavy (non-hydrogen) atoms. The minimum atomic E-state index is 0.0465. The summed E-state index contributed by atoms with van der Waals surface area (Å²) < 4.78 is 0. The zero-order chi connectivity index (χ0) is 10.6. The minimum absolute atomic E-state index is 0.0465. The molecule has 2 nitrogen and oxygen atoms in total. The van der Waals surface area contributed by atoms with E-state index in [4.69, 9.17) is 5.73 Å². The number of nitrogens with two attached hydrogens (primary N) is 1. The van der Waals surface area contributed by atoms with E-state index in [0.29, 0.717) is 0 Å². The van der Waals surface area contributed by atoms with Crippen LogP contribution in [0.2, 0.25) is 0 Å². The van der Waals surface area contributed by atoms with Crippen LogP contribution in [-0.2, 0) is 0 Å². The van der Waals surface area contributed by atoms with Crippen molar-refractivity contribution >= 4 is 0 Å². The lowest BCUT2D eigenvalue weighted by Gasteiger charge is -2.33. The van der Waals surface area contributed by atoms with E-state index in [9.17, 15) is 0 Å². The molecule has 1 aliphatic carbocycles. The van der Waals surface area contributed by atoms with Crippen molar-refractivity contribution in [3.05, 3.63) is 0 Å². The molecule has 0 amide bonds. The molecule has 1 aliphatic rings. The maximum absolute atomic E-state index is 6.33. The van der Waals surface area contributed by atoms with Crippen LogP contribution in [-0.4, -0.2) is 30.1 Å². The molecule has 0 aromatic heterocycles. The van der Waals surface area contributed by atoms with Crippen molar-refractivity contribution in [1.82, 2.24) is 4.90 Å². The molecule has 1 saturated carbocycles. The Morgan fingerprint density at radius 2 is 1.79 bits per heavy atom. The Morgan fingerprint density at radius 3 is 2.14 bits per heavy atom. The average molecular weight is 198 g/mol. The van der Waals surface area contributed by atoms with Gasteiger partial charge in [0.05, 0.1) is 0 Å². The highest BCUT2D eigenvalue weighted by atomic mass is 15.1. The number of likely N-dealkylation sites (N-methyl/N-ethyl adjacent to an activating group) is 1. The first-order valence-electron chi connectivity index (χ1n) is 6.14. The summed E-state index contributed by atoms with van der Waals surface area (Å²) in [6, 6.07) is 0. The fourth-order valence-electron chi connectivity index (χ4n) is 1.89. The quantitative estimate of drug-likeness (QED) is 0.680. The lowest BCUT2D eigenvalue weighted by molar-refractivity contribution is 0.200. The van der Waals surface area contributed by atoms with Gasteiger partial charge in [0.25, 0.3) is 0 Å². The topological polar surface area (TPSA) is 29.3 Å². The molecule has 0 bridgehead atoms. The molecule has 0 heterocycles. The van der Waals surface area contributed by atoms with Crippen LogP contribution >= 0.6 is 0 Å². The highest BCUT2D eigenvalue weighted by Gasteiger charge is 2.28. The predicted molar refractivity (Wildman–Crippen MR) is 62.3 cm³/mol.